The highest BCUT2D eigenvalue weighted by Crippen LogP contribution is 2.62. The van der Waals surface area contributed by atoms with Crippen molar-refractivity contribution in [1.29, 1.82) is 0 Å². The predicted molar refractivity (Wildman–Crippen MR) is 104 cm³/mol. The number of benzene rings is 1. The first-order valence-electron chi connectivity index (χ1n) is 10.6. The van der Waals surface area contributed by atoms with E-state index in [0.29, 0.717) is 30.1 Å². The van der Waals surface area contributed by atoms with Crippen molar-refractivity contribution in [2.75, 3.05) is 6.61 Å². The van der Waals surface area contributed by atoms with E-state index in [2.05, 4.69) is 19.9 Å². The number of hydrogen-bond acceptors (Lipinski definition) is 4. The maximum absolute atomic E-state index is 11.8. The summed E-state index contributed by atoms with van der Waals surface area (Å²) in [6.45, 7) is 6.51. The molecule has 0 radical (unpaired) electrons. The van der Waals surface area contributed by atoms with Crippen LogP contribution in [-0.4, -0.2) is 23.8 Å². The molecule has 0 saturated heterocycles. The van der Waals surface area contributed by atoms with E-state index < -0.39 is 0 Å². The van der Waals surface area contributed by atoms with Gasteiger partial charge in [-0.2, -0.15) is 0 Å². The number of aliphatic hydroxyl groups excluding tert-OH is 1. The molecule has 0 heterocycles. The fourth-order valence-corrected chi connectivity index (χ4v) is 6.17. The second-order valence-electron chi connectivity index (χ2n) is 8.99. The Morgan fingerprint density at radius 1 is 1.26 bits per heavy atom. The monoisotopic (exact) mass is 372 g/mol. The molecule has 0 spiro atoms. The van der Waals surface area contributed by atoms with Gasteiger partial charge >= 0.3 is 5.97 Å². The molecule has 2 saturated carbocycles. The largest absolute Gasteiger partial charge is 0.493 e. The molecule has 5 atom stereocenters. The molecule has 4 heteroatoms. The molecule has 4 nitrogen and oxygen atoms in total. The molecule has 148 valence electrons. The molecule has 0 aromatic heterocycles. The van der Waals surface area contributed by atoms with E-state index in [-0.39, 0.29) is 17.5 Å². The maximum atomic E-state index is 11.8. The van der Waals surface area contributed by atoms with Gasteiger partial charge in [0.1, 0.15) is 11.5 Å². The molecule has 1 aromatic carbocycles. The van der Waals surface area contributed by atoms with Crippen LogP contribution in [0.3, 0.4) is 0 Å². The Labute approximate surface area is 162 Å². The summed E-state index contributed by atoms with van der Waals surface area (Å²) in [4.78, 5) is 11.8. The van der Waals surface area contributed by atoms with Gasteiger partial charge in [-0.1, -0.05) is 13.8 Å². The molecule has 0 aliphatic heterocycles. The standard InChI is InChI=1S/C23H32O4/c1-4-11-26-16-12-15-5-6-17-18(22(15)20(13-16)27-14(2)24)9-10-23(3)19(17)7-8-21(23)25/h12-13,17-19,21,25H,4-11H2,1-3H3/t17-,18+,19+,21+,23+/m1/s1. The Hall–Kier alpha value is -1.55. The molecular weight excluding hydrogens is 340 g/mol. The molecule has 3 aliphatic rings. The van der Waals surface area contributed by atoms with Crippen molar-refractivity contribution in [2.45, 2.75) is 77.7 Å². The molecule has 0 unspecified atom stereocenters. The Kier molecular flexibility index (Phi) is 4.96. The first-order valence-corrected chi connectivity index (χ1v) is 10.6. The maximum Gasteiger partial charge on any atom is 0.308 e. The summed E-state index contributed by atoms with van der Waals surface area (Å²) in [5.74, 6) is 2.80. The van der Waals surface area contributed by atoms with Gasteiger partial charge in [0.15, 0.2) is 0 Å². The smallest absolute Gasteiger partial charge is 0.308 e. The third-order valence-corrected chi connectivity index (χ3v) is 7.43. The minimum absolute atomic E-state index is 0.0600. The minimum Gasteiger partial charge on any atom is -0.493 e. The van der Waals surface area contributed by atoms with Crippen LogP contribution >= 0.6 is 0 Å². The van der Waals surface area contributed by atoms with E-state index in [1.807, 2.05) is 6.07 Å². The molecule has 4 rings (SSSR count). The number of esters is 1. The van der Waals surface area contributed by atoms with E-state index in [0.717, 1.165) is 50.7 Å². The number of fused-ring (bicyclic) bond motifs is 5. The molecule has 3 aliphatic carbocycles. The number of aliphatic hydroxyl groups is 1. The van der Waals surface area contributed by atoms with Crippen molar-refractivity contribution in [3.63, 3.8) is 0 Å². The number of carbonyl (C=O) groups excluding carboxylic acids is 1. The van der Waals surface area contributed by atoms with Crippen molar-refractivity contribution in [3.05, 3.63) is 23.3 Å². The lowest BCUT2D eigenvalue weighted by Crippen LogP contribution is -2.44. The van der Waals surface area contributed by atoms with Gasteiger partial charge in [-0.25, -0.2) is 0 Å². The summed E-state index contributed by atoms with van der Waals surface area (Å²) in [6, 6.07) is 4.07. The summed E-state index contributed by atoms with van der Waals surface area (Å²) in [7, 11) is 0. The minimum atomic E-state index is -0.274. The number of hydrogen-bond donors (Lipinski definition) is 1. The van der Waals surface area contributed by atoms with Crippen LogP contribution < -0.4 is 9.47 Å². The first kappa shape index (κ1) is 18.8. The zero-order valence-corrected chi connectivity index (χ0v) is 16.8. The third kappa shape index (κ3) is 3.16. The van der Waals surface area contributed by atoms with Gasteiger partial charge < -0.3 is 14.6 Å². The van der Waals surface area contributed by atoms with Crippen LogP contribution in [0.5, 0.6) is 11.5 Å². The van der Waals surface area contributed by atoms with Crippen LogP contribution in [0.4, 0.5) is 0 Å². The molecule has 2 fully saturated rings. The number of carbonyl (C=O) groups is 1. The fourth-order valence-electron chi connectivity index (χ4n) is 6.17. The molecule has 27 heavy (non-hydrogen) atoms. The van der Waals surface area contributed by atoms with Gasteiger partial charge in [-0.05, 0) is 79.7 Å². The van der Waals surface area contributed by atoms with Gasteiger partial charge in [0, 0.05) is 18.6 Å². The van der Waals surface area contributed by atoms with Crippen molar-refractivity contribution < 1.29 is 19.4 Å². The first-order chi connectivity index (χ1) is 12.9. The van der Waals surface area contributed by atoms with E-state index in [9.17, 15) is 9.90 Å². The molecule has 0 amide bonds. The van der Waals surface area contributed by atoms with E-state index in [1.54, 1.807) is 0 Å². The van der Waals surface area contributed by atoms with Crippen LogP contribution in [0.2, 0.25) is 0 Å². The van der Waals surface area contributed by atoms with E-state index >= 15 is 0 Å². The summed E-state index contributed by atoms with van der Waals surface area (Å²) < 4.78 is 11.5. The summed E-state index contributed by atoms with van der Waals surface area (Å²) in [5.41, 5.74) is 2.57. The highest BCUT2D eigenvalue weighted by molar-refractivity contribution is 5.70. The highest BCUT2D eigenvalue weighted by Gasteiger charge is 2.54. The predicted octanol–water partition coefficient (Wildman–Crippen LogP) is 4.62. The third-order valence-electron chi connectivity index (χ3n) is 7.43. The lowest BCUT2D eigenvalue weighted by molar-refractivity contribution is -0.132. The van der Waals surface area contributed by atoms with Crippen LogP contribution in [0.15, 0.2) is 12.1 Å². The van der Waals surface area contributed by atoms with Crippen molar-refractivity contribution in [2.24, 2.45) is 17.3 Å². The normalized spacial score (nSPS) is 34.4. The van der Waals surface area contributed by atoms with E-state index in [1.165, 1.54) is 18.1 Å². The average molecular weight is 373 g/mol. The zero-order valence-electron chi connectivity index (χ0n) is 16.8. The summed E-state index contributed by atoms with van der Waals surface area (Å²) in [5, 5.41) is 10.6. The van der Waals surface area contributed by atoms with Crippen molar-refractivity contribution in [3.8, 4) is 11.5 Å². The Morgan fingerprint density at radius 3 is 2.81 bits per heavy atom. The summed E-state index contributed by atoms with van der Waals surface area (Å²) >= 11 is 0. The van der Waals surface area contributed by atoms with Gasteiger partial charge in [0.25, 0.3) is 0 Å². The van der Waals surface area contributed by atoms with Crippen molar-refractivity contribution >= 4 is 5.97 Å². The number of aryl methyl sites for hydroxylation is 1. The van der Waals surface area contributed by atoms with Crippen LogP contribution in [-0.2, 0) is 11.2 Å². The lowest BCUT2D eigenvalue weighted by Gasteiger charge is -2.50. The highest BCUT2D eigenvalue weighted by atomic mass is 16.5. The van der Waals surface area contributed by atoms with Crippen LogP contribution in [0.25, 0.3) is 0 Å². The molecular formula is C23H32O4. The second kappa shape index (κ2) is 7.12. The van der Waals surface area contributed by atoms with E-state index in [4.69, 9.17) is 9.47 Å². The second-order valence-corrected chi connectivity index (χ2v) is 8.99. The van der Waals surface area contributed by atoms with Crippen molar-refractivity contribution in [1.82, 2.24) is 0 Å². The Bertz CT molecular complexity index is 727. The van der Waals surface area contributed by atoms with Gasteiger partial charge in [0.2, 0.25) is 0 Å². The van der Waals surface area contributed by atoms with Crippen LogP contribution in [0.1, 0.15) is 76.3 Å². The van der Waals surface area contributed by atoms with Gasteiger partial charge in [0.05, 0.1) is 12.7 Å². The SMILES string of the molecule is CCCOc1cc2c(c(OC(C)=O)c1)[C@H]1CC[C@]3(C)[C@@H](O)CC[C@H]3[C@@H]1CC2. The molecule has 1 aromatic rings. The number of rotatable bonds is 4. The van der Waals surface area contributed by atoms with Gasteiger partial charge in [-0.15, -0.1) is 0 Å². The zero-order chi connectivity index (χ0) is 19.2. The quantitative estimate of drug-likeness (QED) is 0.619. The summed E-state index contributed by atoms with van der Waals surface area (Å²) in [6.07, 6.45) is 7.10. The number of ether oxygens (including phenoxy) is 2. The lowest BCUT2D eigenvalue weighted by atomic mass is 9.55. The Balaban J connectivity index is 1.71. The Morgan fingerprint density at radius 2 is 2.07 bits per heavy atom. The molecule has 0 bridgehead atoms. The fraction of sp³-hybridized carbons (Fsp3) is 0.696. The van der Waals surface area contributed by atoms with Gasteiger partial charge in [-0.3, -0.25) is 4.79 Å². The van der Waals surface area contributed by atoms with Crippen LogP contribution in [0, 0.1) is 17.3 Å². The molecule has 1 N–H and O–H groups in total. The average Bonchev–Trinajstić information content (AvgIpc) is 2.94. The topological polar surface area (TPSA) is 55.8 Å².